The highest BCUT2D eigenvalue weighted by molar-refractivity contribution is 7.87. The maximum absolute atomic E-state index is 12.1. The molecule has 0 bridgehead atoms. The van der Waals surface area contributed by atoms with Crippen LogP contribution in [0, 0.1) is 0 Å². The lowest BCUT2D eigenvalue weighted by atomic mass is 10.2. The molecule has 0 spiro atoms. The summed E-state index contributed by atoms with van der Waals surface area (Å²) in [6, 6.07) is 3.83. The van der Waals surface area contributed by atoms with Crippen molar-refractivity contribution >= 4 is 27.5 Å². The maximum atomic E-state index is 12.1. The zero-order valence-electron chi connectivity index (χ0n) is 14.4. The molecule has 24 heavy (non-hydrogen) atoms. The van der Waals surface area contributed by atoms with Gasteiger partial charge >= 0.3 is 0 Å². The van der Waals surface area contributed by atoms with E-state index >= 15 is 0 Å². The van der Waals surface area contributed by atoms with Crippen LogP contribution in [0.5, 0.6) is 0 Å². The van der Waals surface area contributed by atoms with E-state index in [1.54, 1.807) is 25.2 Å². The summed E-state index contributed by atoms with van der Waals surface area (Å²) in [5.41, 5.74) is 0. The maximum Gasteiger partial charge on any atom is 0.279 e. The molecule has 2 N–H and O–H groups in total. The minimum Gasteiger partial charge on any atom is -0.348 e. The zero-order chi connectivity index (χ0) is 17.7. The van der Waals surface area contributed by atoms with Gasteiger partial charge in [-0.3, -0.25) is 9.69 Å². The molecule has 0 radical (unpaired) electrons. The second-order valence-corrected chi connectivity index (χ2v) is 8.94. The van der Waals surface area contributed by atoms with Gasteiger partial charge in [-0.05, 0) is 32.2 Å². The van der Waals surface area contributed by atoms with Gasteiger partial charge < -0.3 is 5.32 Å². The summed E-state index contributed by atoms with van der Waals surface area (Å²) in [4.78, 5) is 15.3. The van der Waals surface area contributed by atoms with Crippen molar-refractivity contribution in [3.05, 3.63) is 22.4 Å². The third-order valence-corrected chi connectivity index (χ3v) is 6.64. The van der Waals surface area contributed by atoms with Crippen LogP contribution in [0.25, 0.3) is 0 Å². The summed E-state index contributed by atoms with van der Waals surface area (Å²) < 4.78 is 28.3. The molecule has 1 amide bonds. The molecule has 0 saturated carbocycles. The Bertz CT molecular complexity index is 623. The summed E-state index contributed by atoms with van der Waals surface area (Å²) in [5, 5.41) is 4.97. The number of hydrogen-bond acceptors (Lipinski definition) is 5. The number of rotatable bonds is 7. The summed E-state index contributed by atoms with van der Waals surface area (Å²) in [6.07, 6.45) is 0. The Labute approximate surface area is 148 Å². The molecule has 136 valence electrons. The van der Waals surface area contributed by atoms with E-state index in [0.717, 1.165) is 4.88 Å². The lowest BCUT2D eigenvalue weighted by Gasteiger charge is -2.34. The van der Waals surface area contributed by atoms with Gasteiger partial charge in [0, 0.05) is 37.1 Å². The molecule has 7 nitrogen and oxygen atoms in total. The van der Waals surface area contributed by atoms with E-state index in [2.05, 4.69) is 10.0 Å². The Morgan fingerprint density at radius 2 is 1.92 bits per heavy atom. The standard InChI is InChI=1S/C15H26N4O3S2/c1-12(2)17-24(21,22)19-8-6-18(7-9-19)11-15(20)16-13(3)14-5-4-10-23-14/h4-5,10,12-13,17H,6-9,11H2,1-3H3,(H,16,20). The van der Waals surface area contributed by atoms with Gasteiger partial charge in [0.05, 0.1) is 12.6 Å². The first-order valence-electron chi connectivity index (χ1n) is 8.10. The fourth-order valence-corrected chi connectivity index (χ4v) is 4.72. The van der Waals surface area contributed by atoms with Crippen molar-refractivity contribution in [2.45, 2.75) is 32.9 Å². The number of nitrogens with zero attached hydrogens (tertiary/aromatic N) is 2. The number of nitrogens with one attached hydrogen (secondary N) is 2. The Morgan fingerprint density at radius 3 is 2.46 bits per heavy atom. The summed E-state index contributed by atoms with van der Waals surface area (Å²) >= 11 is 1.62. The average Bonchev–Trinajstić information content (AvgIpc) is 3.00. The first kappa shape index (κ1) is 19.3. The zero-order valence-corrected chi connectivity index (χ0v) is 16.0. The van der Waals surface area contributed by atoms with E-state index in [1.807, 2.05) is 29.3 Å². The van der Waals surface area contributed by atoms with Gasteiger partial charge in [0.25, 0.3) is 10.2 Å². The molecule has 1 aliphatic heterocycles. The molecule has 1 fully saturated rings. The van der Waals surface area contributed by atoms with E-state index in [0.29, 0.717) is 32.7 Å². The molecule has 1 saturated heterocycles. The van der Waals surface area contributed by atoms with Crippen LogP contribution < -0.4 is 10.0 Å². The van der Waals surface area contributed by atoms with Crippen molar-refractivity contribution in [3.63, 3.8) is 0 Å². The first-order valence-corrected chi connectivity index (χ1v) is 10.4. The number of piperazine rings is 1. The molecule has 1 unspecified atom stereocenters. The molecule has 0 aromatic carbocycles. The molecule has 1 aliphatic rings. The minimum atomic E-state index is -3.43. The van der Waals surface area contributed by atoms with Gasteiger partial charge in [-0.2, -0.15) is 17.4 Å². The van der Waals surface area contributed by atoms with Crippen LogP contribution in [0.2, 0.25) is 0 Å². The van der Waals surface area contributed by atoms with Crippen LogP contribution in [-0.2, 0) is 15.0 Å². The summed E-state index contributed by atoms with van der Waals surface area (Å²) in [5.74, 6) is -0.0347. The normalized spacial score (nSPS) is 18.7. The Hall–Kier alpha value is -1.000. The van der Waals surface area contributed by atoms with Gasteiger partial charge in [-0.25, -0.2) is 0 Å². The largest absolute Gasteiger partial charge is 0.348 e. The van der Waals surface area contributed by atoms with Crippen molar-refractivity contribution in [2.75, 3.05) is 32.7 Å². The van der Waals surface area contributed by atoms with Crippen molar-refractivity contribution in [3.8, 4) is 0 Å². The minimum absolute atomic E-state index is 0.00518. The molecular weight excluding hydrogens is 348 g/mol. The van der Waals surface area contributed by atoms with E-state index in [4.69, 9.17) is 0 Å². The van der Waals surface area contributed by atoms with E-state index in [-0.39, 0.29) is 18.0 Å². The molecule has 2 heterocycles. The van der Waals surface area contributed by atoms with Crippen LogP contribution in [0.1, 0.15) is 31.7 Å². The summed E-state index contributed by atoms with van der Waals surface area (Å²) in [7, 11) is -3.43. The Balaban J connectivity index is 1.77. The Kier molecular flexibility index (Phi) is 6.76. The first-order chi connectivity index (χ1) is 11.3. The highest BCUT2D eigenvalue weighted by Gasteiger charge is 2.28. The van der Waals surface area contributed by atoms with Crippen molar-refractivity contribution < 1.29 is 13.2 Å². The molecule has 9 heteroatoms. The smallest absolute Gasteiger partial charge is 0.279 e. The highest BCUT2D eigenvalue weighted by Crippen LogP contribution is 2.18. The van der Waals surface area contributed by atoms with Crippen molar-refractivity contribution in [1.82, 2.24) is 19.2 Å². The van der Waals surface area contributed by atoms with Crippen molar-refractivity contribution in [2.24, 2.45) is 0 Å². The highest BCUT2D eigenvalue weighted by atomic mass is 32.2. The molecule has 2 rings (SSSR count). The van der Waals surface area contributed by atoms with E-state index in [9.17, 15) is 13.2 Å². The van der Waals surface area contributed by atoms with Crippen LogP contribution in [0.4, 0.5) is 0 Å². The predicted molar refractivity (Wildman–Crippen MR) is 96.1 cm³/mol. The van der Waals surface area contributed by atoms with Gasteiger partial charge in [0.1, 0.15) is 0 Å². The third-order valence-electron chi connectivity index (χ3n) is 3.77. The van der Waals surface area contributed by atoms with Crippen molar-refractivity contribution in [1.29, 1.82) is 0 Å². The molecule has 1 aromatic heterocycles. The number of carbonyl (C=O) groups excluding carboxylic acids is 1. The van der Waals surface area contributed by atoms with Crippen LogP contribution in [0.3, 0.4) is 0 Å². The number of hydrogen-bond donors (Lipinski definition) is 2. The number of thiophene rings is 1. The molecule has 1 atom stereocenters. The van der Waals surface area contributed by atoms with Gasteiger partial charge in [0.2, 0.25) is 5.91 Å². The molecule has 0 aliphatic carbocycles. The lowest BCUT2D eigenvalue weighted by molar-refractivity contribution is -0.123. The van der Waals surface area contributed by atoms with Gasteiger partial charge in [-0.1, -0.05) is 6.07 Å². The van der Waals surface area contributed by atoms with Gasteiger partial charge in [-0.15, -0.1) is 11.3 Å². The lowest BCUT2D eigenvalue weighted by Crippen LogP contribution is -2.54. The molecular formula is C15H26N4O3S2. The fourth-order valence-electron chi connectivity index (χ4n) is 2.60. The topological polar surface area (TPSA) is 81.8 Å². The average molecular weight is 375 g/mol. The predicted octanol–water partition coefficient (Wildman–Crippen LogP) is 0.786. The molecule has 1 aromatic rings. The monoisotopic (exact) mass is 374 g/mol. The van der Waals surface area contributed by atoms with Crippen LogP contribution in [0.15, 0.2) is 17.5 Å². The number of amides is 1. The van der Waals surface area contributed by atoms with Gasteiger partial charge in [0.15, 0.2) is 0 Å². The summed E-state index contributed by atoms with van der Waals surface area (Å²) in [6.45, 7) is 7.76. The second-order valence-electron chi connectivity index (χ2n) is 6.26. The van der Waals surface area contributed by atoms with E-state index < -0.39 is 10.2 Å². The SMILES string of the molecule is CC(C)NS(=O)(=O)N1CCN(CC(=O)NC(C)c2cccs2)CC1. The second kappa shape index (κ2) is 8.39. The quantitative estimate of drug-likeness (QED) is 0.739. The fraction of sp³-hybridized carbons (Fsp3) is 0.667. The number of carbonyl (C=O) groups is 1. The third kappa shape index (κ3) is 5.52. The van der Waals surface area contributed by atoms with Crippen LogP contribution >= 0.6 is 11.3 Å². The Morgan fingerprint density at radius 1 is 1.25 bits per heavy atom. The van der Waals surface area contributed by atoms with E-state index in [1.165, 1.54) is 4.31 Å². The van der Waals surface area contributed by atoms with Crippen LogP contribution in [-0.4, -0.2) is 62.3 Å².